The zero-order valence-corrected chi connectivity index (χ0v) is 9.44. The molecule has 2 aliphatic rings. The molecular weight excluding hydrogens is 208 g/mol. The highest BCUT2D eigenvalue weighted by atomic mass is 16.5. The van der Waals surface area contributed by atoms with Gasteiger partial charge in [0.15, 0.2) is 0 Å². The average molecular weight is 226 g/mol. The van der Waals surface area contributed by atoms with Gasteiger partial charge in [-0.15, -0.1) is 0 Å². The lowest BCUT2D eigenvalue weighted by Gasteiger charge is -2.04. The maximum atomic E-state index is 11.2. The molecule has 0 aromatic rings. The molecule has 0 aromatic heterocycles. The van der Waals surface area contributed by atoms with Crippen molar-refractivity contribution in [3.05, 3.63) is 0 Å². The zero-order chi connectivity index (χ0) is 11.4. The van der Waals surface area contributed by atoms with Gasteiger partial charge in [0.25, 0.3) is 0 Å². The van der Waals surface area contributed by atoms with Crippen LogP contribution in [0.3, 0.4) is 0 Å². The maximum Gasteiger partial charge on any atom is 0.306 e. The van der Waals surface area contributed by atoms with Gasteiger partial charge in [0.05, 0.1) is 26.1 Å². The lowest BCUT2D eigenvalue weighted by Crippen LogP contribution is -2.12. The molecule has 2 fully saturated rings. The van der Waals surface area contributed by atoms with Gasteiger partial charge in [0.1, 0.15) is 0 Å². The zero-order valence-electron chi connectivity index (χ0n) is 9.44. The summed E-state index contributed by atoms with van der Waals surface area (Å²) in [5.74, 6) is 0.585. The molecule has 0 spiro atoms. The fraction of sp³-hybridized carbons (Fsp3) is 0.833. The number of hydrogen-bond donors (Lipinski definition) is 0. The Hall–Kier alpha value is -1.06. The maximum absolute atomic E-state index is 11.2. The summed E-state index contributed by atoms with van der Waals surface area (Å²) >= 11 is 0. The van der Waals surface area contributed by atoms with Gasteiger partial charge in [0, 0.05) is 0 Å². The van der Waals surface area contributed by atoms with Crippen LogP contribution in [0.25, 0.3) is 0 Å². The summed E-state index contributed by atoms with van der Waals surface area (Å²) in [6, 6.07) is 0. The first-order valence-corrected chi connectivity index (χ1v) is 6.05. The van der Waals surface area contributed by atoms with Gasteiger partial charge < -0.3 is 9.47 Å². The lowest BCUT2D eigenvalue weighted by molar-refractivity contribution is -0.150. The quantitative estimate of drug-likeness (QED) is 0.620. The Balaban J connectivity index is 1.47. The smallest absolute Gasteiger partial charge is 0.306 e. The number of ether oxygens (including phenoxy) is 2. The molecule has 0 N–H and O–H groups in total. The Labute approximate surface area is 95.3 Å². The van der Waals surface area contributed by atoms with Gasteiger partial charge in [-0.1, -0.05) is 0 Å². The van der Waals surface area contributed by atoms with Crippen molar-refractivity contribution in [1.82, 2.24) is 0 Å². The summed E-state index contributed by atoms with van der Waals surface area (Å²) in [5.41, 5.74) is 0. The van der Waals surface area contributed by atoms with Crippen LogP contribution in [0.1, 0.15) is 38.5 Å². The first kappa shape index (κ1) is 11.4. The molecule has 0 saturated heterocycles. The predicted molar refractivity (Wildman–Crippen MR) is 56.6 cm³/mol. The first-order chi connectivity index (χ1) is 7.74. The van der Waals surface area contributed by atoms with E-state index in [1.165, 1.54) is 0 Å². The number of rotatable bonds is 7. The highest BCUT2D eigenvalue weighted by Gasteiger charge is 2.24. The minimum absolute atomic E-state index is 0.149. The summed E-state index contributed by atoms with van der Waals surface area (Å²) in [4.78, 5) is 22.4. The molecule has 0 atom stereocenters. The lowest BCUT2D eigenvalue weighted by atomic mass is 10.3. The van der Waals surface area contributed by atoms with Gasteiger partial charge in [-0.05, 0) is 37.5 Å². The minimum atomic E-state index is -0.282. The van der Waals surface area contributed by atoms with Gasteiger partial charge >= 0.3 is 11.9 Å². The third kappa shape index (κ3) is 4.64. The SMILES string of the molecule is O=C(CCC(=O)OCC1CC1)OCC1CC1. The van der Waals surface area contributed by atoms with E-state index < -0.39 is 0 Å². The molecule has 0 heterocycles. The van der Waals surface area contributed by atoms with E-state index in [1.807, 2.05) is 0 Å². The Morgan fingerprint density at radius 3 is 1.50 bits per heavy atom. The molecule has 2 rings (SSSR count). The largest absolute Gasteiger partial charge is 0.465 e. The fourth-order valence-corrected chi connectivity index (χ4v) is 1.34. The predicted octanol–water partition coefficient (Wildman–Crippen LogP) is 1.67. The molecule has 16 heavy (non-hydrogen) atoms. The molecule has 2 saturated carbocycles. The van der Waals surface area contributed by atoms with Crippen LogP contribution in [0.5, 0.6) is 0 Å². The Morgan fingerprint density at radius 1 is 0.812 bits per heavy atom. The van der Waals surface area contributed by atoms with E-state index in [4.69, 9.17) is 9.47 Å². The highest BCUT2D eigenvalue weighted by molar-refractivity contribution is 5.77. The molecule has 0 unspecified atom stereocenters. The Bertz CT molecular complexity index is 238. The Kier molecular flexibility index (Phi) is 3.80. The van der Waals surface area contributed by atoms with Crippen LogP contribution in [-0.4, -0.2) is 25.2 Å². The molecule has 4 nitrogen and oxygen atoms in total. The van der Waals surface area contributed by atoms with E-state index >= 15 is 0 Å². The molecular formula is C12H18O4. The molecule has 0 radical (unpaired) electrons. The summed E-state index contributed by atoms with van der Waals surface area (Å²) < 4.78 is 10.0. The highest BCUT2D eigenvalue weighted by Crippen LogP contribution is 2.29. The van der Waals surface area contributed by atoms with E-state index in [0.29, 0.717) is 25.0 Å². The molecule has 2 aliphatic carbocycles. The monoisotopic (exact) mass is 226 g/mol. The van der Waals surface area contributed by atoms with Gasteiger partial charge in [-0.3, -0.25) is 9.59 Å². The molecule has 90 valence electrons. The van der Waals surface area contributed by atoms with Crippen LogP contribution >= 0.6 is 0 Å². The summed E-state index contributed by atoms with van der Waals surface area (Å²) in [5, 5.41) is 0. The topological polar surface area (TPSA) is 52.6 Å². The second-order valence-electron chi connectivity index (χ2n) is 4.75. The van der Waals surface area contributed by atoms with Crippen LogP contribution in [0.2, 0.25) is 0 Å². The summed E-state index contributed by atoms with van der Waals surface area (Å²) in [7, 11) is 0. The van der Waals surface area contributed by atoms with Gasteiger partial charge in [-0.25, -0.2) is 0 Å². The second-order valence-corrected chi connectivity index (χ2v) is 4.75. The van der Waals surface area contributed by atoms with Crippen molar-refractivity contribution in [2.75, 3.05) is 13.2 Å². The van der Waals surface area contributed by atoms with Gasteiger partial charge in [-0.2, -0.15) is 0 Å². The molecule has 0 bridgehead atoms. The van der Waals surface area contributed by atoms with Crippen LogP contribution in [-0.2, 0) is 19.1 Å². The van der Waals surface area contributed by atoms with Crippen LogP contribution in [0.4, 0.5) is 0 Å². The van der Waals surface area contributed by atoms with E-state index in [-0.39, 0.29) is 24.8 Å². The minimum Gasteiger partial charge on any atom is -0.465 e. The van der Waals surface area contributed by atoms with E-state index in [1.54, 1.807) is 0 Å². The van der Waals surface area contributed by atoms with Crippen LogP contribution < -0.4 is 0 Å². The number of hydrogen-bond acceptors (Lipinski definition) is 4. The van der Waals surface area contributed by atoms with Crippen molar-refractivity contribution in [1.29, 1.82) is 0 Å². The van der Waals surface area contributed by atoms with E-state index in [0.717, 1.165) is 25.7 Å². The number of carbonyl (C=O) groups is 2. The first-order valence-electron chi connectivity index (χ1n) is 6.05. The molecule has 0 amide bonds. The van der Waals surface area contributed by atoms with Crippen LogP contribution in [0.15, 0.2) is 0 Å². The normalized spacial score (nSPS) is 19.2. The van der Waals surface area contributed by atoms with Crippen molar-refractivity contribution in [2.24, 2.45) is 11.8 Å². The van der Waals surface area contributed by atoms with E-state index in [9.17, 15) is 9.59 Å². The number of esters is 2. The van der Waals surface area contributed by atoms with Crippen LogP contribution in [0, 0.1) is 11.8 Å². The Morgan fingerprint density at radius 2 is 1.19 bits per heavy atom. The summed E-state index contributed by atoms with van der Waals surface area (Å²) in [6.45, 7) is 1.05. The summed E-state index contributed by atoms with van der Waals surface area (Å²) in [6.07, 6.45) is 4.95. The second kappa shape index (κ2) is 5.32. The van der Waals surface area contributed by atoms with Crippen molar-refractivity contribution >= 4 is 11.9 Å². The number of carbonyl (C=O) groups excluding carboxylic acids is 2. The average Bonchev–Trinajstić information content (AvgIpc) is 3.15. The standard InChI is InChI=1S/C12H18O4/c13-11(15-7-9-1-2-9)5-6-12(14)16-8-10-3-4-10/h9-10H,1-8H2. The van der Waals surface area contributed by atoms with E-state index in [2.05, 4.69) is 0 Å². The van der Waals surface area contributed by atoms with Crippen molar-refractivity contribution in [3.63, 3.8) is 0 Å². The van der Waals surface area contributed by atoms with Crippen molar-refractivity contribution < 1.29 is 19.1 Å². The molecule has 4 heteroatoms. The molecule has 0 aromatic carbocycles. The fourth-order valence-electron chi connectivity index (χ4n) is 1.34. The third-order valence-corrected chi connectivity index (χ3v) is 2.89. The van der Waals surface area contributed by atoms with Crippen molar-refractivity contribution in [3.8, 4) is 0 Å². The third-order valence-electron chi connectivity index (χ3n) is 2.89. The van der Waals surface area contributed by atoms with Gasteiger partial charge in [0.2, 0.25) is 0 Å². The molecule has 0 aliphatic heterocycles. The van der Waals surface area contributed by atoms with Crippen molar-refractivity contribution in [2.45, 2.75) is 38.5 Å².